The van der Waals surface area contributed by atoms with Crippen LogP contribution in [-0.2, 0) is 12.8 Å². The van der Waals surface area contributed by atoms with Gasteiger partial charge >= 0.3 is 0 Å². The smallest absolute Gasteiger partial charge is 0.0233 e. The van der Waals surface area contributed by atoms with Gasteiger partial charge in [0.2, 0.25) is 0 Å². The summed E-state index contributed by atoms with van der Waals surface area (Å²) in [5.41, 5.74) is 5.39. The first kappa shape index (κ1) is 9.31. The fourth-order valence-corrected chi connectivity index (χ4v) is 1.60. The molecule has 0 aromatic heterocycles. The maximum Gasteiger partial charge on any atom is -0.0233 e. The molecule has 1 rings (SSSR count). The van der Waals surface area contributed by atoms with Crippen molar-refractivity contribution < 1.29 is 0 Å². The lowest BCUT2D eigenvalue weighted by Crippen LogP contribution is -1.94. The number of benzene rings is 1. The van der Waals surface area contributed by atoms with Gasteiger partial charge < -0.3 is 0 Å². The van der Waals surface area contributed by atoms with Gasteiger partial charge in [-0.3, -0.25) is 0 Å². The molecule has 1 radical (unpaired) electrons. The van der Waals surface area contributed by atoms with Gasteiger partial charge in [0.25, 0.3) is 0 Å². The van der Waals surface area contributed by atoms with Crippen LogP contribution < -0.4 is 0 Å². The van der Waals surface area contributed by atoms with Gasteiger partial charge in [-0.05, 0) is 43.4 Å². The summed E-state index contributed by atoms with van der Waals surface area (Å²) < 4.78 is 0. The fraction of sp³-hybridized carbons (Fsp3) is 0.417. The fourth-order valence-electron chi connectivity index (χ4n) is 1.60. The van der Waals surface area contributed by atoms with Crippen LogP contribution in [0.15, 0.2) is 12.1 Å². The maximum atomic E-state index is 4.10. The van der Waals surface area contributed by atoms with E-state index in [0.29, 0.717) is 0 Å². The summed E-state index contributed by atoms with van der Waals surface area (Å²) in [4.78, 5) is 0. The summed E-state index contributed by atoms with van der Waals surface area (Å²) >= 11 is 0. The SMILES string of the molecule is [CH2]c1c(CC)cc(C)cc1CC. The van der Waals surface area contributed by atoms with Gasteiger partial charge in [0.1, 0.15) is 0 Å². The second-order valence-electron chi connectivity index (χ2n) is 3.27. The van der Waals surface area contributed by atoms with Crippen molar-refractivity contribution in [3.05, 3.63) is 41.3 Å². The van der Waals surface area contributed by atoms with Crippen LogP contribution in [0.3, 0.4) is 0 Å². The van der Waals surface area contributed by atoms with Gasteiger partial charge in [-0.2, -0.15) is 0 Å². The van der Waals surface area contributed by atoms with Crippen molar-refractivity contribution in [2.24, 2.45) is 0 Å². The molecule has 0 heterocycles. The first-order valence-electron chi connectivity index (χ1n) is 4.63. The third-order valence-electron chi connectivity index (χ3n) is 2.34. The van der Waals surface area contributed by atoms with Crippen LogP contribution >= 0.6 is 0 Å². The molecular formula is C12H17. The Bertz CT molecular complexity index is 246. The zero-order chi connectivity index (χ0) is 9.14. The van der Waals surface area contributed by atoms with Gasteiger partial charge in [-0.1, -0.05) is 31.5 Å². The summed E-state index contributed by atoms with van der Waals surface area (Å²) in [6, 6.07) is 4.48. The third kappa shape index (κ3) is 1.69. The minimum atomic E-state index is 1.09. The van der Waals surface area contributed by atoms with E-state index in [4.69, 9.17) is 0 Å². The number of hydrogen-bond donors (Lipinski definition) is 0. The lowest BCUT2D eigenvalue weighted by atomic mass is 9.96. The monoisotopic (exact) mass is 161 g/mol. The molecule has 0 aliphatic carbocycles. The van der Waals surface area contributed by atoms with E-state index in [1.807, 2.05) is 0 Å². The van der Waals surface area contributed by atoms with E-state index < -0.39 is 0 Å². The lowest BCUT2D eigenvalue weighted by molar-refractivity contribution is 1.06. The molecule has 65 valence electrons. The predicted molar refractivity (Wildman–Crippen MR) is 54.4 cm³/mol. The Labute approximate surface area is 75.6 Å². The van der Waals surface area contributed by atoms with E-state index in [2.05, 4.69) is 39.8 Å². The van der Waals surface area contributed by atoms with Crippen molar-refractivity contribution in [1.29, 1.82) is 0 Å². The molecule has 0 spiro atoms. The van der Waals surface area contributed by atoms with Crippen molar-refractivity contribution in [3.63, 3.8) is 0 Å². The molecule has 0 saturated heterocycles. The summed E-state index contributed by atoms with van der Waals surface area (Å²) in [5.74, 6) is 0. The Hall–Kier alpha value is -0.780. The van der Waals surface area contributed by atoms with E-state index in [1.54, 1.807) is 0 Å². The summed E-state index contributed by atoms with van der Waals surface area (Å²) in [6.45, 7) is 10.6. The Kier molecular flexibility index (Phi) is 2.91. The van der Waals surface area contributed by atoms with Crippen LogP contribution in [-0.4, -0.2) is 0 Å². The van der Waals surface area contributed by atoms with E-state index in [1.165, 1.54) is 22.3 Å². The van der Waals surface area contributed by atoms with Gasteiger partial charge in [0.05, 0.1) is 0 Å². The van der Waals surface area contributed by atoms with Crippen LogP contribution in [0.2, 0.25) is 0 Å². The highest BCUT2D eigenvalue weighted by atomic mass is 14.1. The molecule has 0 unspecified atom stereocenters. The highest BCUT2D eigenvalue weighted by Crippen LogP contribution is 2.17. The van der Waals surface area contributed by atoms with Crippen molar-refractivity contribution in [2.75, 3.05) is 0 Å². The molecule has 0 atom stereocenters. The molecule has 0 fully saturated rings. The molecule has 0 amide bonds. The number of aryl methyl sites for hydroxylation is 3. The average Bonchev–Trinajstić information content (AvgIpc) is 2.08. The van der Waals surface area contributed by atoms with Crippen LogP contribution in [0.5, 0.6) is 0 Å². The maximum absolute atomic E-state index is 4.10. The van der Waals surface area contributed by atoms with E-state index in [0.717, 1.165) is 12.8 Å². The quantitative estimate of drug-likeness (QED) is 0.624. The van der Waals surface area contributed by atoms with Crippen LogP contribution in [0, 0.1) is 13.8 Å². The molecule has 0 N–H and O–H groups in total. The second kappa shape index (κ2) is 3.75. The van der Waals surface area contributed by atoms with Gasteiger partial charge in [-0.15, -0.1) is 0 Å². The van der Waals surface area contributed by atoms with Crippen LogP contribution in [0.1, 0.15) is 36.1 Å². The molecule has 0 bridgehead atoms. The molecule has 0 nitrogen and oxygen atoms in total. The second-order valence-corrected chi connectivity index (χ2v) is 3.27. The zero-order valence-corrected chi connectivity index (χ0v) is 8.28. The van der Waals surface area contributed by atoms with E-state index in [-0.39, 0.29) is 0 Å². The Morgan fingerprint density at radius 1 is 1.08 bits per heavy atom. The molecule has 0 aliphatic rings. The largest absolute Gasteiger partial charge is 0.0613 e. The highest BCUT2D eigenvalue weighted by molar-refractivity contribution is 5.40. The normalized spacial score (nSPS) is 10.3. The van der Waals surface area contributed by atoms with E-state index >= 15 is 0 Å². The molecule has 1 aromatic carbocycles. The highest BCUT2D eigenvalue weighted by Gasteiger charge is 2.01. The van der Waals surface area contributed by atoms with Crippen molar-refractivity contribution in [3.8, 4) is 0 Å². The first-order valence-corrected chi connectivity index (χ1v) is 4.63. The van der Waals surface area contributed by atoms with E-state index in [9.17, 15) is 0 Å². The summed E-state index contributed by atoms with van der Waals surface area (Å²) in [5, 5.41) is 0. The lowest BCUT2D eigenvalue weighted by Gasteiger charge is -2.09. The van der Waals surface area contributed by atoms with Crippen molar-refractivity contribution >= 4 is 0 Å². The average molecular weight is 161 g/mol. The Morgan fingerprint density at radius 2 is 1.50 bits per heavy atom. The molecule has 0 aliphatic heterocycles. The first-order chi connectivity index (χ1) is 5.69. The number of hydrogen-bond acceptors (Lipinski definition) is 0. The predicted octanol–water partition coefficient (Wildman–Crippen LogP) is 3.30. The van der Waals surface area contributed by atoms with Crippen molar-refractivity contribution in [2.45, 2.75) is 33.6 Å². The number of rotatable bonds is 2. The summed E-state index contributed by atoms with van der Waals surface area (Å²) in [7, 11) is 0. The summed E-state index contributed by atoms with van der Waals surface area (Å²) in [6.07, 6.45) is 2.18. The Morgan fingerprint density at radius 3 is 1.83 bits per heavy atom. The van der Waals surface area contributed by atoms with Crippen molar-refractivity contribution in [1.82, 2.24) is 0 Å². The van der Waals surface area contributed by atoms with Gasteiger partial charge in [-0.25, -0.2) is 0 Å². The van der Waals surface area contributed by atoms with Crippen LogP contribution in [0.25, 0.3) is 0 Å². The topological polar surface area (TPSA) is 0 Å². The van der Waals surface area contributed by atoms with Crippen LogP contribution in [0.4, 0.5) is 0 Å². The molecule has 1 aromatic rings. The third-order valence-corrected chi connectivity index (χ3v) is 2.34. The Balaban J connectivity index is 3.22. The standard InChI is InChI=1S/C12H17/c1-5-11-7-9(3)8-12(6-2)10(11)4/h7-8H,4-6H2,1-3H3. The minimum Gasteiger partial charge on any atom is -0.0613 e. The molecule has 0 saturated carbocycles. The molecule has 0 heteroatoms. The zero-order valence-electron chi connectivity index (χ0n) is 8.28. The molecular weight excluding hydrogens is 144 g/mol. The van der Waals surface area contributed by atoms with Gasteiger partial charge in [0, 0.05) is 0 Å². The minimum absolute atomic E-state index is 1.09. The molecule has 12 heavy (non-hydrogen) atoms. The van der Waals surface area contributed by atoms with Gasteiger partial charge in [0.15, 0.2) is 0 Å².